The molecule has 7 rings (SSSR count). The van der Waals surface area contributed by atoms with Crippen molar-refractivity contribution in [3.05, 3.63) is 143 Å². The molecule has 0 saturated heterocycles. The molecule has 0 amide bonds. The molecule has 0 heterocycles. The van der Waals surface area contributed by atoms with Crippen LogP contribution >= 0.6 is 0 Å². The predicted octanol–water partition coefficient (Wildman–Crippen LogP) is 15.3. The summed E-state index contributed by atoms with van der Waals surface area (Å²) >= 11 is 0. The van der Waals surface area contributed by atoms with Gasteiger partial charge >= 0.3 is 11.9 Å². The van der Waals surface area contributed by atoms with Gasteiger partial charge in [-0.2, -0.15) is 0 Å². The maximum absolute atomic E-state index is 15.1. The zero-order valence-corrected chi connectivity index (χ0v) is 37.6. The number of carbonyl (C=O) groups is 2. The molecule has 6 aromatic carbocycles. The number of carboxylic acids is 2. The largest absolute Gasteiger partial charge is 0.491 e. The number of rotatable bonds is 24. The van der Waals surface area contributed by atoms with Crippen molar-refractivity contribution in [3.8, 4) is 56.0 Å². The van der Waals surface area contributed by atoms with E-state index in [9.17, 15) is 19.8 Å². The summed E-state index contributed by atoms with van der Waals surface area (Å²) in [5.74, 6) is -2.98. The summed E-state index contributed by atoms with van der Waals surface area (Å²) in [5, 5.41) is 20.9. The van der Waals surface area contributed by atoms with Gasteiger partial charge in [-0.25, -0.2) is 18.4 Å². The smallest absolute Gasteiger partial charge is 0.336 e. The summed E-state index contributed by atoms with van der Waals surface area (Å²) in [4.78, 5) is 34.6. The minimum atomic E-state index is -1.14. The van der Waals surface area contributed by atoms with Gasteiger partial charge in [0, 0.05) is 24.6 Å². The maximum Gasteiger partial charge on any atom is 0.336 e. The van der Waals surface area contributed by atoms with Crippen LogP contribution in [0.2, 0.25) is 0 Å². The molecule has 0 aliphatic heterocycles. The average molecular weight is 891 g/mol. The first-order valence-corrected chi connectivity index (χ1v) is 23.1. The van der Waals surface area contributed by atoms with E-state index in [-0.39, 0.29) is 22.6 Å². The average Bonchev–Trinajstić information content (AvgIpc) is 3.31. The van der Waals surface area contributed by atoms with Crippen LogP contribution in [0.15, 0.2) is 119 Å². The Labute approximate surface area is 385 Å². The van der Waals surface area contributed by atoms with Crippen LogP contribution in [0.25, 0.3) is 44.5 Å². The number of ether oxygens (including phenoxy) is 2. The zero-order valence-electron chi connectivity index (χ0n) is 37.6. The van der Waals surface area contributed by atoms with Gasteiger partial charge in [-0.05, 0) is 129 Å². The van der Waals surface area contributed by atoms with Crippen molar-refractivity contribution in [1.82, 2.24) is 0 Å². The van der Waals surface area contributed by atoms with Gasteiger partial charge < -0.3 is 19.7 Å². The third-order valence-electron chi connectivity index (χ3n) is 11.8. The first-order chi connectivity index (χ1) is 32.1. The fraction of sp³-hybridized carbons (Fsp3) is 0.286. The lowest BCUT2D eigenvalue weighted by molar-refractivity contribution is 0.0687. The van der Waals surface area contributed by atoms with E-state index in [0.29, 0.717) is 58.0 Å². The molecule has 0 aromatic heterocycles. The van der Waals surface area contributed by atoms with Crippen molar-refractivity contribution < 1.29 is 38.1 Å². The third kappa shape index (κ3) is 11.7. The van der Waals surface area contributed by atoms with Crippen LogP contribution in [0, 0.1) is 11.6 Å². The maximum atomic E-state index is 15.1. The number of carboxylic acid groups (broad SMARTS) is 2. The molecule has 8 nitrogen and oxygen atoms in total. The minimum Gasteiger partial charge on any atom is -0.491 e. The molecular weight excluding hydrogens is 835 g/mol. The second-order valence-electron chi connectivity index (χ2n) is 16.7. The van der Waals surface area contributed by atoms with Crippen LogP contribution in [0.1, 0.15) is 123 Å². The molecule has 6 aromatic rings. The van der Waals surface area contributed by atoms with E-state index < -0.39 is 23.6 Å². The van der Waals surface area contributed by atoms with Crippen LogP contribution in [-0.2, 0) is 0 Å². The molecule has 0 atom stereocenters. The molecule has 340 valence electrons. The van der Waals surface area contributed by atoms with Gasteiger partial charge in [0.25, 0.3) is 0 Å². The Hall–Kier alpha value is -6.94. The standard InChI is InChI=1S/C56H56F2N2O6/c1-3-5-7-9-11-15-27-65-52-25-21-40(33-50(52)57)59-35-37-19-23-44(55(61)62)46(29-37)39-31-48-42-17-13-14-18-43(42)54(48)49(32-39)47-30-38(20-24-45(47)56(63)64)36-60-41-22-26-53(51(58)34-41)66-28-16-12-10-8-6-4-2/h13-14,17-26,29-36H,3-12,15-16,27-28H2,1-2H3,(H,61,62)(H,63,64). The first-order valence-electron chi connectivity index (χ1n) is 23.1. The topological polar surface area (TPSA) is 118 Å². The summed E-state index contributed by atoms with van der Waals surface area (Å²) in [6.45, 7) is 5.22. The van der Waals surface area contributed by atoms with E-state index in [2.05, 4.69) is 23.8 Å². The lowest BCUT2D eigenvalue weighted by Crippen LogP contribution is -2.07. The number of unbranched alkanes of at least 4 members (excludes halogenated alkanes) is 10. The number of aliphatic imine (C=N–C) groups is 2. The quantitative estimate of drug-likeness (QED) is 0.0461. The molecule has 10 heteroatoms. The Morgan fingerprint density at radius 1 is 0.500 bits per heavy atom. The minimum absolute atomic E-state index is 0.0361. The Bertz CT molecular complexity index is 2740. The van der Waals surface area contributed by atoms with E-state index >= 15 is 8.78 Å². The number of aromatic carboxylic acids is 2. The van der Waals surface area contributed by atoms with Crippen molar-refractivity contribution in [3.63, 3.8) is 0 Å². The molecule has 0 saturated carbocycles. The number of fused-ring (bicyclic) bond motifs is 4. The Morgan fingerprint density at radius 3 is 1.45 bits per heavy atom. The van der Waals surface area contributed by atoms with Crippen molar-refractivity contribution >= 4 is 35.7 Å². The SMILES string of the molecule is CCCCCCCCOc1ccc(N=Cc2ccc(C(=O)O)c(-c3cc(-c4cc(C=Nc5ccc(OCCCCCCCC)c(F)c5)ccc4C(=O)O)c4c(c3)-c3ccccc3-4)c2)cc1F. The van der Waals surface area contributed by atoms with Gasteiger partial charge in [-0.3, -0.25) is 9.98 Å². The lowest BCUT2D eigenvalue weighted by Gasteiger charge is -2.29. The molecule has 2 N–H and O–H groups in total. The molecule has 1 aliphatic rings. The summed E-state index contributed by atoms with van der Waals surface area (Å²) in [6.07, 6.45) is 16.3. The summed E-state index contributed by atoms with van der Waals surface area (Å²) < 4.78 is 41.5. The van der Waals surface area contributed by atoms with Crippen LogP contribution in [0.4, 0.5) is 20.2 Å². The number of halogens is 2. The van der Waals surface area contributed by atoms with Crippen LogP contribution in [0.5, 0.6) is 11.5 Å². The highest BCUT2D eigenvalue weighted by Gasteiger charge is 2.29. The molecule has 1 aliphatic carbocycles. The van der Waals surface area contributed by atoms with Crippen molar-refractivity contribution in [2.45, 2.75) is 90.9 Å². The highest BCUT2D eigenvalue weighted by atomic mass is 19.1. The summed E-state index contributed by atoms with van der Waals surface area (Å²) in [6, 6.07) is 30.3. The van der Waals surface area contributed by atoms with Gasteiger partial charge in [0.2, 0.25) is 0 Å². The Balaban J connectivity index is 1.16. The van der Waals surface area contributed by atoms with E-state index in [4.69, 9.17) is 9.47 Å². The van der Waals surface area contributed by atoms with Crippen molar-refractivity contribution in [2.24, 2.45) is 9.98 Å². The molecule has 0 spiro atoms. The van der Waals surface area contributed by atoms with Crippen molar-refractivity contribution in [1.29, 1.82) is 0 Å². The second kappa shape index (κ2) is 22.8. The van der Waals surface area contributed by atoms with Gasteiger partial charge in [-0.15, -0.1) is 0 Å². The van der Waals surface area contributed by atoms with Crippen LogP contribution < -0.4 is 9.47 Å². The number of nitrogens with zero attached hydrogens (tertiary/aromatic N) is 2. The lowest BCUT2D eigenvalue weighted by atomic mass is 9.74. The number of hydrogen-bond donors (Lipinski definition) is 2. The van der Waals surface area contributed by atoms with Gasteiger partial charge in [0.1, 0.15) is 0 Å². The predicted molar refractivity (Wildman–Crippen MR) is 261 cm³/mol. The molecule has 0 bridgehead atoms. The van der Waals surface area contributed by atoms with Gasteiger partial charge in [-0.1, -0.05) is 114 Å². The van der Waals surface area contributed by atoms with E-state index in [1.807, 2.05) is 36.4 Å². The van der Waals surface area contributed by atoms with Crippen molar-refractivity contribution in [2.75, 3.05) is 13.2 Å². The molecule has 0 unspecified atom stereocenters. The van der Waals surface area contributed by atoms with E-state index in [1.54, 1.807) is 61.0 Å². The highest BCUT2D eigenvalue weighted by molar-refractivity contribution is 6.13. The Morgan fingerprint density at radius 2 is 0.955 bits per heavy atom. The van der Waals surface area contributed by atoms with Crippen LogP contribution in [-0.4, -0.2) is 47.8 Å². The summed E-state index contributed by atoms with van der Waals surface area (Å²) in [5.41, 5.74) is 7.44. The zero-order chi connectivity index (χ0) is 46.4. The van der Waals surface area contributed by atoms with Crippen LogP contribution in [0.3, 0.4) is 0 Å². The molecule has 0 fully saturated rings. The van der Waals surface area contributed by atoms with E-state index in [0.717, 1.165) is 60.8 Å². The van der Waals surface area contributed by atoms with E-state index in [1.165, 1.54) is 62.8 Å². The molecule has 0 radical (unpaired) electrons. The fourth-order valence-corrected chi connectivity index (χ4v) is 8.31. The number of hydrogen-bond acceptors (Lipinski definition) is 6. The normalized spacial score (nSPS) is 11.7. The highest BCUT2D eigenvalue weighted by Crippen LogP contribution is 2.54. The first kappa shape index (κ1) is 47.0. The van der Waals surface area contributed by atoms with Gasteiger partial charge in [0.05, 0.1) is 35.7 Å². The fourth-order valence-electron chi connectivity index (χ4n) is 8.31. The third-order valence-corrected chi connectivity index (χ3v) is 11.8. The Kier molecular flexibility index (Phi) is 16.2. The second-order valence-corrected chi connectivity index (χ2v) is 16.7. The number of benzene rings is 6. The summed E-state index contributed by atoms with van der Waals surface area (Å²) in [7, 11) is 0. The molecular formula is C56H56F2N2O6. The molecule has 66 heavy (non-hydrogen) atoms. The van der Waals surface area contributed by atoms with Gasteiger partial charge in [0.15, 0.2) is 23.1 Å². The monoisotopic (exact) mass is 890 g/mol.